The molecule has 0 atom stereocenters. The number of hydrogen-bond acceptors (Lipinski definition) is 2. The highest BCUT2D eigenvalue weighted by atomic mass is 35.5. The van der Waals surface area contributed by atoms with Crippen molar-refractivity contribution in [1.29, 1.82) is 0 Å². The van der Waals surface area contributed by atoms with Crippen molar-refractivity contribution in [1.82, 2.24) is 5.32 Å². The molecule has 1 aromatic rings. The van der Waals surface area contributed by atoms with Crippen LogP contribution < -0.4 is 5.32 Å². The fraction of sp³-hybridized carbons (Fsp3) is 0.600. The highest BCUT2D eigenvalue weighted by Crippen LogP contribution is 2.67. The number of aromatic hydroxyl groups is 1. The van der Waals surface area contributed by atoms with Gasteiger partial charge in [-0.05, 0) is 41.0 Å². The first-order valence-corrected chi connectivity index (χ1v) is 6.82. The molecule has 0 aromatic heterocycles. The second kappa shape index (κ2) is 4.43. The maximum absolute atomic E-state index is 9.35. The van der Waals surface area contributed by atoms with Gasteiger partial charge in [-0.2, -0.15) is 0 Å². The molecular formula is C15H22ClNO. The van der Waals surface area contributed by atoms with E-state index in [1.54, 1.807) is 6.07 Å². The highest BCUT2D eigenvalue weighted by molar-refractivity contribution is 6.32. The molecule has 0 saturated heterocycles. The van der Waals surface area contributed by atoms with Gasteiger partial charge in [0.2, 0.25) is 0 Å². The summed E-state index contributed by atoms with van der Waals surface area (Å²) >= 11 is 5.88. The van der Waals surface area contributed by atoms with E-state index in [1.807, 2.05) is 12.1 Å². The summed E-state index contributed by atoms with van der Waals surface area (Å²) in [6, 6.07) is 5.36. The SMILES string of the molecule is CC1(C)C(CNCc2ccc(O)c(Cl)c2)C1(C)C. The zero-order valence-corrected chi connectivity index (χ0v) is 12.3. The maximum atomic E-state index is 9.35. The van der Waals surface area contributed by atoms with Crippen LogP contribution >= 0.6 is 11.6 Å². The summed E-state index contributed by atoms with van der Waals surface area (Å²) in [6.45, 7) is 11.1. The van der Waals surface area contributed by atoms with Crippen LogP contribution in [-0.4, -0.2) is 11.7 Å². The van der Waals surface area contributed by atoms with Crippen molar-refractivity contribution in [2.24, 2.45) is 16.7 Å². The van der Waals surface area contributed by atoms with Gasteiger partial charge in [0, 0.05) is 6.54 Å². The lowest BCUT2D eigenvalue weighted by molar-refractivity contribution is 0.457. The average molecular weight is 268 g/mol. The summed E-state index contributed by atoms with van der Waals surface area (Å²) in [6.07, 6.45) is 0. The number of phenolic OH excluding ortho intramolecular Hbond substituents is 1. The minimum atomic E-state index is 0.143. The van der Waals surface area contributed by atoms with E-state index in [-0.39, 0.29) is 5.75 Å². The third-order valence-corrected chi connectivity index (χ3v) is 5.31. The zero-order valence-electron chi connectivity index (χ0n) is 11.5. The Kier molecular flexibility index (Phi) is 3.37. The molecule has 1 saturated carbocycles. The van der Waals surface area contributed by atoms with Crippen molar-refractivity contribution in [2.45, 2.75) is 34.2 Å². The monoisotopic (exact) mass is 267 g/mol. The highest BCUT2D eigenvalue weighted by Gasteiger charge is 2.63. The standard InChI is InChI=1S/C15H22ClNO/c1-14(2)13(15(14,3)4)9-17-8-10-5-6-12(18)11(16)7-10/h5-7,13,17-18H,8-9H2,1-4H3. The Labute approximate surface area is 114 Å². The van der Waals surface area contributed by atoms with E-state index in [0.29, 0.717) is 15.9 Å². The van der Waals surface area contributed by atoms with Crippen LogP contribution in [0.1, 0.15) is 33.3 Å². The summed E-state index contributed by atoms with van der Waals surface area (Å²) in [4.78, 5) is 0. The van der Waals surface area contributed by atoms with E-state index in [4.69, 9.17) is 11.6 Å². The predicted octanol–water partition coefficient (Wildman–Crippen LogP) is 3.82. The van der Waals surface area contributed by atoms with E-state index in [1.165, 1.54) is 0 Å². The van der Waals surface area contributed by atoms with Crippen LogP contribution in [0.2, 0.25) is 5.02 Å². The first-order valence-electron chi connectivity index (χ1n) is 6.45. The van der Waals surface area contributed by atoms with Gasteiger partial charge in [-0.3, -0.25) is 0 Å². The molecule has 2 nitrogen and oxygen atoms in total. The molecule has 2 rings (SSSR count). The molecule has 1 aliphatic rings. The molecule has 0 aliphatic heterocycles. The molecule has 3 heteroatoms. The summed E-state index contributed by atoms with van der Waals surface area (Å²) < 4.78 is 0. The topological polar surface area (TPSA) is 32.3 Å². The molecule has 0 bridgehead atoms. The minimum Gasteiger partial charge on any atom is -0.506 e. The van der Waals surface area contributed by atoms with E-state index in [2.05, 4.69) is 33.0 Å². The fourth-order valence-electron chi connectivity index (χ4n) is 2.86. The van der Waals surface area contributed by atoms with Gasteiger partial charge in [-0.1, -0.05) is 45.4 Å². The van der Waals surface area contributed by atoms with E-state index in [9.17, 15) is 5.11 Å². The number of halogens is 1. The first kappa shape index (κ1) is 13.7. The smallest absolute Gasteiger partial charge is 0.134 e. The van der Waals surface area contributed by atoms with Gasteiger partial charge >= 0.3 is 0 Å². The number of benzene rings is 1. The Morgan fingerprint density at radius 1 is 1.22 bits per heavy atom. The molecule has 0 unspecified atom stereocenters. The van der Waals surface area contributed by atoms with Crippen LogP contribution in [0.25, 0.3) is 0 Å². The lowest BCUT2D eigenvalue weighted by atomic mass is 10.0. The Balaban J connectivity index is 1.85. The second-order valence-corrected chi connectivity index (χ2v) is 6.82. The molecule has 18 heavy (non-hydrogen) atoms. The lowest BCUT2D eigenvalue weighted by Gasteiger charge is -2.07. The van der Waals surface area contributed by atoms with Crippen molar-refractivity contribution < 1.29 is 5.11 Å². The number of nitrogens with one attached hydrogen (secondary N) is 1. The Hall–Kier alpha value is -0.730. The van der Waals surface area contributed by atoms with Crippen molar-refractivity contribution in [3.8, 4) is 5.75 Å². The largest absolute Gasteiger partial charge is 0.506 e. The van der Waals surface area contributed by atoms with Gasteiger partial charge < -0.3 is 10.4 Å². The second-order valence-electron chi connectivity index (χ2n) is 6.41. The molecule has 0 spiro atoms. The summed E-state index contributed by atoms with van der Waals surface area (Å²) in [5, 5.41) is 13.3. The van der Waals surface area contributed by atoms with Crippen molar-refractivity contribution in [3.05, 3.63) is 28.8 Å². The average Bonchev–Trinajstić information content (AvgIpc) is 2.65. The normalized spacial score (nSPS) is 20.9. The van der Waals surface area contributed by atoms with Crippen molar-refractivity contribution in [3.63, 3.8) is 0 Å². The van der Waals surface area contributed by atoms with E-state index >= 15 is 0 Å². The number of phenols is 1. The van der Waals surface area contributed by atoms with Crippen LogP contribution in [0.3, 0.4) is 0 Å². The third-order valence-electron chi connectivity index (χ3n) is 5.01. The lowest BCUT2D eigenvalue weighted by Crippen LogP contribution is -2.18. The molecule has 0 radical (unpaired) electrons. The molecule has 2 N–H and O–H groups in total. The van der Waals surface area contributed by atoms with Gasteiger partial charge in [0.05, 0.1) is 5.02 Å². The van der Waals surface area contributed by atoms with Crippen LogP contribution in [0.4, 0.5) is 0 Å². The molecule has 0 heterocycles. The van der Waals surface area contributed by atoms with Gasteiger partial charge in [-0.25, -0.2) is 0 Å². The van der Waals surface area contributed by atoms with Crippen molar-refractivity contribution >= 4 is 11.6 Å². The van der Waals surface area contributed by atoms with E-state index in [0.717, 1.165) is 24.6 Å². The quantitative estimate of drug-likeness (QED) is 0.869. The molecular weight excluding hydrogens is 246 g/mol. The number of hydrogen-bond donors (Lipinski definition) is 2. The molecule has 100 valence electrons. The number of rotatable bonds is 4. The van der Waals surface area contributed by atoms with Gasteiger partial charge in [0.25, 0.3) is 0 Å². The molecule has 1 aliphatic carbocycles. The third kappa shape index (κ3) is 2.24. The summed E-state index contributed by atoms with van der Waals surface area (Å²) in [7, 11) is 0. The van der Waals surface area contributed by atoms with Gasteiger partial charge in [0.1, 0.15) is 5.75 Å². The Bertz CT molecular complexity index is 440. The molecule has 0 amide bonds. The Morgan fingerprint density at radius 2 is 1.83 bits per heavy atom. The van der Waals surface area contributed by atoms with Crippen LogP contribution in [0.5, 0.6) is 5.75 Å². The summed E-state index contributed by atoms with van der Waals surface area (Å²) in [5.41, 5.74) is 1.95. The summed E-state index contributed by atoms with van der Waals surface area (Å²) in [5.74, 6) is 0.863. The van der Waals surface area contributed by atoms with Crippen molar-refractivity contribution in [2.75, 3.05) is 6.54 Å². The fourth-order valence-corrected chi connectivity index (χ4v) is 3.07. The first-order chi connectivity index (χ1) is 8.26. The maximum Gasteiger partial charge on any atom is 0.134 e. The van der Waals surface area contributed by atoms with Crippen LogP contribution in [0, 0.1) is 16.7 Å². The van der Waals surface area contributed by atoms with Gasteiger partial charge in [0.15, 0.2) is 0 Å². The zero-order chi connectivity index (χ0) is 13.6. The Morgan fingerprint density at radius 3 is 2.33 bits per heavy atom. The van der Waals surface area contributed by atoms with Crippen LogP contribution in [-0.2, 0) is 6.54 Å². The van der Waals surface area contributed by atoms with Crippen LogP contribution in [0.15, 0.2) is 18.2 Å². The van der Waals surface area contributed by atoms with Gasteiger partial charge in [-0.15, -0.1) is 0 Å². The van der Waals surface area contributed by atoms with E-state index < -0.39 is 0 Å². The minimum absolute atomic E-state index is 0.143. The molecule has 1 fully saturated rings. The molecule has 1 aromatic carbocycles. The predicted molar refractivity (Wildman–Crippen MR) is 75.9 cm³/mol.